The zero-order chi connectivity index (χ0) is 11.8. The molecule has 0 saturated heterocycles. The third kappa shape index (κ3) is 1.85. The van der Waals surface area contributed by atoms with Gasteiger partial charge in [0, 0.05) is 5.92 Å². The van der Waals surface area contributed by atoms with Crippen molar-refractivity contribution in [2.75, 3.05) is 0 Å². The van der Waals surface area contributed by atoms with Crippen molar-refractivity contribution in [3.05, 3.63) is 11.6 Å². The molecule has 1 fully saturated rings. The molecule has 0 aromatic heterocycles. The van der Waals surface area contributed by atoms with Crippen LogP contribution < -0.4 is 0 Å². The number of fused-ring (bicyclic) bond motifs is 1. The van der Waals surface area contributed by atoms with Crippen molar-refractivity contribution in [1.82, 2.24) is 0 Å². The average molecular weight is 220 g/mol. The van der Waals surface area contributed by atoms with Gasteiger partial charge in [0.1, 0.15) is 6.29 Å². The van der Waals surface area contributed by atoms with E-state index in [1.807, 2.05) is 0 Å². The maximum atomic E-state index is 10.9. The second-order valence-electron chi connectivity index (χ2n) is 6.12. The van der Waals surface area contributed by atoms with Crippen molar-refractivity contribution in [3.8, 4) is 0 Å². The second kappa shape index (κ2) is 4.35. The van der Waals surface area contributed by atoms with Gasteiger partial charge in [-0.1, -0.05) is 32.4 Å². The Morgan fingerprint density at radius 1 is 1.50 bits per heavy atom. The largest absolute Gasteiger partial charge is 0.303 e. The normalized spacial score (nSPS) is 40.8. The Balaban J connectivity index is 2.19. The Morgan fingerprint density at radius 2 is 2.25 bits per heavy atom. The Labute approximate surface area is 99.3 Å². The smallest absolute Gasteiger partial charge is 0.123 e. The van der Waals surface area contributed by atoms with E-state index in [0.29, 0.717) is 11.3 Å². The highest BCUT2D eigenvalue weighted by Gasteiger charge is 2.42. The number of carbonyl (C=O) groups excluding carboxylic acids is 1. The molecule has 16 heavy (non-hydrogen) atoms. The summed E-state index contributed by atoms with van der Waals surface area (Å²) in [4.78, 5) is 10.9. The van der Waals surface area contributed by atoms with E-state index in [0.717, 1.165) is 12.2 Å². The zero-order valence-electron chi connectivity index (χ0n) is 10.8. The molecule has 90 valence electrons. The summed E-state index contributed by atoms with van der Waals surface area (Å²) in [7, 11) is 0. The maximum Gasteiger partial charge on any atom is 0.123 e. The summed E-state index contributed by atoms with van der Waals surface area (Å²) in [6, 6.07) is 0. The number of hydrogen-bond donors (Lipinski definition) is 0. The number of allylic oxidation sites excluding steroid dienone is 2. The fourth-order valence-electron chi connectivity index (χ4n) is 3.64. The summed E-state index contributed by atoms with van der Waals surface area (Å²) in [5.41, 5.74) is 2.07. The van der Waals surface area contributed by atoms with Crippen LogP contribution in [0.25, 0.3) is 0 Å². The molecule has 4 unspecified atom stereocenters. The van der Waals surface area contributed by atoms with Crippen LogP contribution in [0.1, 0.15) is 52.9 Å². The van der Waals surface area contributed by atoms with E-state index >= 15 is 0 Å². The maximum absolute atomic E-state index is 10.9. The van der Waals surface area contributed by atoms with Crippen molar-refractivity contribution in [2.45, 2.75) is 52.9 Å². The Bertz CT molecular complexity index is 305. The van der Waals surface area contributed by atoms with Crippen LogP contribution in [-0.2, 0) is 4.79 Å². The molecule has 0 spiro atoms. The molecular weight excluding hydrogens is 196 g/mol. The molecule has 0 aromatic rings. The van der Waals surface area contributed by atoms with Crippen LogP contribution in [0.15, 0.2) is 11.6 Å². The molecule has 0 aromatic carbocycles. The molecular formula is C15H24O. The molecule has 1 heteroatoms. The van der Waals surface area contributed by atoms with Gasteiger partial charge in [-0.25, -0.2) is 0 Å². The van der Waals surface area contributed by atoms with Crippen LogP contribution in [0.5, 0.6) is 0 Å². The van der Waals surface area contributed by atoms with E-state index in [2.05, 4.69) is 26.8 Å². The lowest BCUT2D eigenvalue weighted by Gasteiger charge is -2.48. The van der Waals surface area contributed by atoms with Gasteiger partial charge >= 0.3 is 0 Å². The molecule has 4 atom stereocenters. The van der Waals surface area contributed by atoms with E-state index in [1.54, 1.807) is 5.57 Å². The number of aldehydes is 1. The van der Waals surface area contributed by atoms with Gasteiger partial charge in [-0.15, -0.1) is 0 Å². The summed E-state index contributed by atoms with van der Waals surface area (Å²) in [6.45, 7) is 6.90. The van der Waals surface area contributed by atoms with Gasteiger partial charge in [-0.2, -0.15) is 0 Å². The Morgan fingerprint density at radius 3 is 2.94 bits per heavy atom. The van der Waals surface area contributed by atoms with Gasteiger partial charge in [0.2, 0.25) is 0 Å². The van der Waals surface area contributed by atoms with E-state index in [4.69, 9.17) is 0 Å². The molecule has 0 aliphatic heterocycles. The predicted octanol–water partition coefficient (Wildman–Crippen LogP) is 3.98. The highest BCUT2D eigenvalue weighted by Crippen LogP contribution is 2.53. The second-order valence-corrected chi connectivity index (χ2v) is 6.12. The molecule has 0 heterocycles. The average Bonchev–Trinajstić information content (AvgIpc) is 2.29. The SMILES string of the molecule is CC(C=O)C1CCC2=CCCC(C)C2(C)C1. The molecule has 2 rings (SSSR count). The molecule has 0 bridgehead atoms. The minimum Gasteiger partial charge on any atom is -0.303 e. The highest BCUT2D eigenvalue weighted by molar-refractivity contribution is 5.53. The summed E-state index contributed by atoms with van der Waals surface area (Å²) >= 11 is 0. The first-order valence-electron chi connectivity index (χ1n) is 6.72. The van der Waals surface area contributed by atoms with Gasteiger partial charge in [0.25, 0.3) is 0 Å². The molecule has 1 nitrogen and oxygen atoms in total. The van der Waals surface area contributed by atoms with Gasteiger partial charge in [-0.05, 0) is 49.4 Å². The fourth-order valence-corrected chi connectivity index (χ4v) is 3.64. The van der Waals surface area contributed by atoms with Crippen LogP contribution in [0.3, 0.4) is 0 Å². The van der Waals surface area contributed by atoms with Gasteiger partial charge in [-0.3, -0.25) is 0 Å². The first-order chi connectivity index (χ1) is 7.58. The predicted molar refractivity (Wildman–Crippen MR) is 67.2 cm³/mol. The van der Waals surface area contributed by atoms with Crippen molar-refractivity contribution in [2.24, 2.45) is 23.2 Å². The van der Waals surface area contributed by atoms with E-state index in [9.17, 15) is 4.79 Å². The molecule has 0 N–H and O–H groups in total. The van der Waals surface area contributed by atoms with Crippen LogP contribution >= 0.6 is 0 Å². The third-order valence-electron chi connectivity index (χ3n) is 5.24. The Kier molecular flexibility index (Phi) is 3.23. The van der Waals surface area contributed by atoms with E-state index in [1.165, 1.54) is 32.1 Å². The summed E-state index contributed by atoms with van der Waals surface area (Å²) in [6.07, 6.45) is 9.87. The van der Waals surface area contributed by atoms with Crippen LogP contribution in [0, 0.1) is 23.2 Å². The highest BCUT2D eigenvalue weighted by atomic mass is 16.1. The van der Waals surface area contributed by atoms with Gasteiger partial charge in [0.05, 0.1) is 0 Å². The van der Waals surface area contributed by atoms with Gasteiger partial charge < -0.3 is 4.79 Å². The van der Waals surface area contributed by atoms with Crippen molar-refractivity contribution in [3.63, 3.8) is 0 Å². The zero-order valence-corrected chi connectivity index (χ0v) is 10.8. The molecule has 2 aliphatic carbocycles. The van der Waals surface area contributed by atoms with Crippen molar-refractivity contribution < 1.29 is 4.79 Å². The molecule has 0 amide bonds. The van der Waals surface area contributed by atoms with E-state index < -0.39 is 0 Å². The minimum atomic E-state index is 0.243. The van der Waals surface area contributed by atoms with Crippen LogP contribution in [0.4, 0.5) is 0 Å². The summed E-state index contributed by atoms with van der Waals surface area (Å²) < 4.78 is 0. The summed E-state index contributed by atoms with van der Waals surface area (Å²) in [5.74, 6) is 1.64. The lowest BCUT2D eigenvalue weighted by molar-refractivity contribution is -0.112. The standard InChI is InChI=1S/C15H24O/c1-11(10-16)13-7-8-14-6-4-5-12(2)15(14,3)9-13/h6,10-13H,4-5,7-9H2,1-3H3. The van der Waals surface area contributed by atoms with Crippen LogP contribution in [-0.4, -0.2) is 6.29 Å². The number of rotatable bonds is 2. The number of hydrogen-bond acceptors (Lipinski definition) is 1. The monoisotopic (exact) mass is 220 g/mol. The van der Waals surface area contributed by atoms with Gasteiger partial charge in [0.15, 0.2) is 0 Å². The molecule has 2 aliphatic rings. The third-order valence-corrected chi connectivity index (χ3v) is 5.24. The van der Waals surface area contributed by atoms with E-state index in [-0.39, 0.29) is 5.92 Å². The molecule has 0 radical (unpaired) electrons. The quantitative estimate of drug-likeness (QED) is 0.508. The first-order valence-corrected chi connectivity index (χ1v) is 6.72. The lowest BCUT2D eigenvalue weighted by atomic mass is 9.57. The van der Waals surface area contributed by atoms with Crippen molar-refractivity contribution in [1.29, 1.82) is 0 Å². The molecule has 1 saturated carbocycles. The summed E-state index contributed by atoms with van der Waals surface area (Å²) in [5, 5.41) is 0. The lowest BCUT2D eigenvalue weighted by Crippen LogP contribution is -2.38. The minimum absolute atomic E-state index is 0.243. The van der Waals surface area contributed by atoms with Crippen molar-refractivity contribution >= 4 is 6.29 Å². The fraction of sp³-hybridized carbons (Fsp3) is 0.800. The van der Waals surface area contributed by atoms with Crippen LogP contribution in [0.2, 0.25) is 0 Å². The topological polar surface area (TPSA) is 17.1 Å². The number of carbonyl (C=O) groups is 1. The first kappa shape index (κ1) is 11.9. The Hall–Kier alpha value is -0.590.